The maximum atomic E-state index is 15.7. The van der Waals surface area contributed by atoms with Gasteiger partial charge in [-0.1, -0.05) is 48.0 Å². The SMILES string of the molecule is Cc1cccc(-c2cccc(C[C@H]3[C@@H](NS(=O)(=O)N(C)C)C(F)(F)CN3C(=O)OC(C)(C)C)c2F)c1. The van der Waals surface area contributed by atoms with Gasteiger partial charge in [0.15, 0.2) is 0 Å². The second-order valence-electron chi connectivity index (χ2n) is 10.2. The van der Waals surface area contributed by atoms with E-state index in [1.807, 2.05) is 17.7 Å². The van der Waals surface area contributed by atoms with Gasteiger partial charge in [-0.3, -0.25) is 4.90 Å². The van der Waals surface area contributed by atoms with Gasteiger partial charge in [0.25, 0.3) is 16.1 Å². The number of carbonyl (C=O) groups excluding carboxylic acids is 1. The van der Waals surface area contributed by atoms with Crippen LogP contribution in [0.25, 0.3) is 11.1 Å². The number of alkyl halides is 2. The van der Waals surface area contributed by atoms with E-state index in [-0.39, 0.29) is 17.5 Å². The van der Waals surface area contributed by atoms with Crippen LogP contribution in [0.1, 0.15) is 31.9 Å². The van der Waals surface area contributed by atoms with Crippen LogP contribution in [0.3, 0.4) is 0 Å². The Hall–Kier alpha value is -2.63. The number of likely N-dealkylation sites (tertiary alicyclic amines) is 1. The fraction of sp³-hybridized carbons (Fsp3) is 0.480. The van der Waals surface area contributed by atoms with E-state index < -0.39 is 52.3 Å². The Bertz CT molecular complexity index is 1230. The van der Waals surface area contributed by atoms with Gasteiger partial charge in [0.1, 0.15) is 17.5 Å². The Morgan fingerprint density at radius 2 is 1.83 bits per heavy atom. The number of halogens is 3. The molecule has 1 aliphatic rings. The Labute approximate surface area is 210 Å². The van der Waals surface area contributed by atoms with E-state index in [2.05, 4.69) is 0 Å². The third-order valence-electron chi connectivity index (χ3n) is 5.84. The first kappa shape index (κ1) is 27.9. The topological polar surface area (TPSA) is 79.0 Å². The molecule has 0 saturated carbocycles. The molecular weight excluding hydrogens is 495 g/mol. The molecule has 0 radical (unpaired) electrons. The summed E-state index contributed by atoms with van der Waals surface area (Å²) < 4.78 is 79.1. The summed E-state index contributed by atoms with van der Waals surface area (Å²) in [6.45, 7) is 5.56. The normalized spacial score (nSPS) is 20.1. The Kier molecular flexibility index (Phi) is 7.78. The molecule has 2 atom stereocenters. The maximum Gasteiger partial charge on any atom is 0.410 e. The van der Waals surface area contributed by atoms with Crippen molar-refractivity contribution in [1.29, 1.82) is 0 Å². The average molecular weight is 528 g/mol. The molecule has 0 unspecified atom stereocenters. The lowest BCUT2D eigenvalue weighted by Crippen LogP contribution is -2.55. The number of benzene rings is 2. The maximum absolute atomic E-state index is 15.7. The third kappa shape index (κ3) is 6.19. The number of nitrogens with one attached hydrogen (secondary N) is 1. The molecule has 198 valence electrons. The standard InChI is InChI=1S/C25H32F3N3O4S/c1-16-9-7-10-17(13-16)19-12-8-11-18(21(19)26)14-20-22(29-36(33,34)30(5)6)25(27,28)15-31(20)23(32)35-24(2,3)4/h7-13,20,22,29H,14-15H2,1-6H3/t20-,22+/m0/s1. The van der Waals surface area contributed by atoms with Crippen LogP contribution < -0.4 is 4.72 Å². The minimum Gasteiger partial charge on any atom is -0.444 e. The average Bonchev–Trinajstić information content (AvgIpc) is 2.98. The zero-order chi connectivity index (χ0) is 27.1. The van der Waals surface area contributed by atoms with Crippen LogP contribution in [-0.2, 0) is 21.4 Å². The summed E-state index contributed by atoms with van der Waals surface area (Å²) in [5.41, 5.74) is 0.894. The van der Waals surface area contributed by atoms with Gasteiger partial charge >= 0.3 is 6.09 Å². The summed E-state index contributed by atoms with van der Waals surface area (Å²) >= 11 is 0. The van der Waals surface area contributed by atoms with E-state index in [4.69, 9.17) is 4.74 Å². The van der Waals surface area contributed by atoms with Crippen LogP contribution in [0.15, 0.2) is 42.5 Å². The highest BCUT2D eigenvalue weighted by molar-refractivity contribution is 7.87. The van der Waals surface area contributed by atoms with Crippen molar-refractivity contribution in [2.45, 2.75) is 57.7 Å². The molecule has 1 N–H and O–H groups in total. The number of hydrogen-bond acceptors (Lipinski definition) is 4. The number of amides is 1. The number of aryl methyl sites for hydroxylation is 1. The minimum absolute atomic E-state index is 0.0688. The fourth-order valence-electron chi connectivity index (χ4n) is 4.08. The summed E-state index contributed by atoms with van der Waals surface area (Å²) in [5.74, 6) is -4.26. The van der Waals surface area contributed by atoms with Gasteiger partial charge in [0.05, 0.1) is 12.6 Å². The number of nitrogens with zero attached hydrogens (tertiary/aromatic N) is 2. The zero-order valence-corrected chi connectivity index (χ0v) is 22.0. The molecule has 2 aromatic rings. The van der Waals surface area contributed by atoms with Crippen molar-refractivity contribution in [3.05, 3.63) is 59.4 Å². The van der Waals surface area contributed by atoms with Crippen molar-refractivity contribution in [1.82, 2.24) is 13.9 Å². The predicted octanol–water partition coefficient (Wildman–Crippen LogP) is 4.36. The summed E-state index contributed by atoms with van der Waals surface area (Å²) in [6.07, 6.45) is -1.39. The second-order valence-corrected chi connectivity index (χ2v) is 12.1. The first-order valence-electron chi connectivity index (χ1n) is 11.4. The zero-order valence-electron chi connectivity index (χ0n) is 21.2. The monoisotopic (exact) mass is 527 g/mol. The highest BCUT2D eigenvalue weighted by Gasteiger charge is 2.58. The van der Waals surface area contributed by atoms with Gasteiger partial charge in [-0.05, 0) is 45.2 Å². The van der Waals surface area contributed by atoms with Crippen LogP contribution in [0, 0.1) is 12.7 Å². The van der Waals surface area contributed by atoms with Crippen molar-refractivity contribution < 1.29 is 31.1 Å². The van der Waals surface area contributed by atoms with Gasteiger partial charge in [0, 0.05) is 19.7 Å². The molecule has 1 saturated heterocycles. The number of carbonyl (C=O) groups is 1. The van der Waals surface area contributed by atoms with E-state index in [1.165, 1.54) is 20.2 Å². The molecule has 3 rings (SSSR count). The van der Waals surface area contributed by atoms with E-state index in [0.717, 1.165) is 14.8 Å². The van der Waals surface area contributed by atoms with Gasteiger partial charge in [-0.2, -0.15) is 17.4 Å². The molecule has 1 aliphatic heterocycles. The van der Waals surface area contributed by atoms with Crippen molar-refractivity contribution in [3.8, 4) is 11.1 Å². The predicted molar refractivity (Wildman–Crippen MR) is 131 cm³/mol. The van der Waals surface area contributed by atoms with Crippen LogP contribution in [-0.4, -0.2) is 68.0 Å². The summed E-state index contributed by atoms with van der Waals surface area (Å²) in [7, 11) is -1.91. The summed E-state index contributed by atoms with van der Waals surface area (Å²) in [6, 6.07) is 8.39. The second kappa shape index (κ2) is 10.0. The highest BCUT2D eigenvalue weighted by Crippen LogP contribution is 2.37. The van der Waals surface area contributed by atoms with E-state index >= 15 is 13.2 Å². The Morgan fingerprint density at radius 3 is 2.42 bits per heavy atom. The lowest BCUT2D eigenvalue weighted by atomic mass is 9.95. The number of hydrogen-bond donors (Lipinski definition) is 1. The smallest absolute Gasteiger partial charge is 0.410 e. The van der Waals surface area contributed by atoms with Gasteiger partial charge in [0.2, 0.25) is 0 Å². The largest absolute Gasteiger partial charge is 0.444 e. The molecule has 11 heteroatoms. The van der Waals surface area contributed by atoms with Gasteiger partial charge < -0.3 is 4.74 Å². The molecule has 1 fully saturated rings. The van der Waals surface area contributed by atoms with Crippen LogP contribution in [0.4, 0.5) is 18.0 Å². The molecule has 7 nitrogen and oxygen atoms in total. The van der Waals surface area contributed by atoms with Crippen molar-refractivity contribution in [3.63, 3.8) is 0 Å². The van der Waals surface area contributed by atoms with Gasteiger partial charge in [-0.25, -0.2) is 18.0 Å². The van der Waals surface area contributed by atoms with Gasteiger partial charge in [-0.15, -0.1) is 0 Å². The quantitative estimate of drug-likeness (QED) is 0.606. The molecular formula is C25H32F3N3O4S. The number of ether oxygens (including phenoxy) is 1. The molecule has 1 heterocycles. The molecule has 2 aromatic carbocycles. The highest BCUT2D eigenvalue weighted by atomic mass is 32.2. The molecule has 0 aliphatic carbocycles. The van der Waals surface area contributed by atoms with Crippen LogP contribution >= 0.6 is 0 Å². The minimum atomic E-state index is -4.30. The van der Waals surface area contributed by atoms with E-state index in [0.29, 0.717) is 5.56 Å². The van der Waals surface area contributed by atoms with Crippen LogP contribution in [0.5, 0.6) is 0 Å². The van der Waals surface area contributed by atoms with E-state index in [9.17, 15) is 13.2 Å². The first-order valence-corrected chi connectivity index (χ1v) is 12.9. The fourth-order valence-corrected chi connectivity index (χ4v) is 4.94. The van der Waals surface area contributed by atoms with Crippen molar-refractivity contribution in [2.24, 2.45) is 0 Å². The molecule has 0 aromatic heterocycles. The molecule has 0 bridgehead atoms. The van der Waals surface area contributed by atoms with Crippen molar-refractivity contribution in [2.75, 3.05) is 20.6 Å². The summed E-state index contributed by atoms with van der Waals surface area (Å²) in [4.78, 5) is 13.7. The lowest BCUT2D eigenvalue weighted by Gasteiger charge is -2.31. The first-order chi connectivity index (χ1) is 16.5. The Morgan fingerprint density at radius 1 is 1.19 bits per heavy atom. The summed E-state index contributed by atoms with van der Waals surface area (Å²) in [5, 5.41) is 0. The van der Waals surface area contributed by atoms with Crippen molar-refractivity contribution >= 4 is 16.3 Å². The van der Waals surface area contributed by atoms with E-state index in [1.54, 1.807) is 51.1 Å². The third-order valence-corrected chi connectivity index (χ3v) is 7.36. The molecule has 1 amide bonds. The lowest BCUT2D eigenvalue weighted by molar-refractivity contribution is -0.0125. The molecule has 0 spiro atoms. The Balaban J connectivity index is 2.06. The number of rotatable bonds is 6. The molecule has 36 heavy (non-hydrogen) atoms. The van der Waals surface area contributed by atoms with Crippen LogP contribution in [0.2, 0.25) is 0 Å².